The number of nitrogens with zero attached hydrogens (tertiary/aromatic N) is 1. The van der Waals surface area contributed by atoms with Gasteiger partial charge in [-0.1, -0.05) is 6.07 Å². The fourth-order valence-corrected chi connectivity index (χ4v) is 1.50. The first-order chi connectivity index (χ1) is 8.50. The van der Waals surface area contributed by atoms with Gasteiger partial charge in [-0.05, 0) is 59.6 Å². The average Bonchev–Trinajstić information content (AvgIpc) is 2.36. The zero-order chi connectivity index (χ0) is 13.5. The third-order valence-electron chi connectivity index (χ3n) is 2.24. The second kappa shape index (κ2) is 6.91. The maximum atomic E-state index is 10.6. The molecule has 0 bridgehead atoms. The second-order valence-electron chi connectivity index (χ2n) is 3.82. The number of halogens is 1. The van der Waals surface area contributed by atoms with E-state index in [4.69, 9.17) is 5.73 Å². The highest BCUT2D eigenvalue weighted by atomic mass is 79.9. The Balaban J connectivity index is 0.000000180. The van der Waals surface area contributed by atoms with Gasteiger partial charge in [-0.25, -0.2) is 0 Å². The van der Waals surface area contributed by atoms with Gasteiger partial charge in [-0.15, -0.1) is 0 Å². The minimum Gasteiger partial charge on any atom is -0.398 e. The Kier molecular flexibility index (Phi) is 5.52. The molecule has 0 fully saturated rings. The number of benzene rings is 1. The van der Waals surface area contributed by atoms with E-state index in [1.165, 1.54) is 12.5 Å². The Morgan fingerprint density at radius 2 is 1.83 bits per heavy atom. The summed E-state index contributed by atoms with van der Waals surface area (Å²) in [7, 11) is 0. The van der Waals surface area contributed by atoms with Crippen LogP contribution in [0.1, 0.15) is 22.8 Å². The van der Waals surface area contributed by atoms with Gasteiger partial charge in [0.05, 0.1) is 0 Å². The molecule has 0 aliphatic heterocycles. The van der Waals surface area contributed by atoms with Crippen molar-refractivity contribution >= 4 is 27.4 Å². The third-order valence-corrected chi connectivity index (χ3v) is 2.96. The predicted molar refractivity (Wildman–Crippen MR) is 77.5 cm³/mol. The minimum atomic E-state index is 0.0809. The third kappa shape index (κ3) is 4.67. The number of aryl methyl sites for hydroxylation is 1. The van der Waals surface area contributed by atoms with Crippen LogP contribution in [0.15, 0.2) is 47.2 Å². The summed E-state index contributed by atoms with van der Waals surface area (Å²) < 4.78 is 0.966. The first kappa shape index (κ1) is 14.4. The van der Waals surface area contributed by atoms with Crippen molar-refractivity contribution in [2.45, 2.75) is 13.8 Å². The molecular weight excluding hydrogens is 292 g/mol. The quantitative estimate of drug-likeness (QED) is 0.646. The van der Waals surface area contributed by atoms with E-state index in [1.807, 2.05) is 25.1 Å². The first-order valence-electron chi connectivity index (χ1n) is 5.43. The van der Waals surface area contributed by atoms with Crippen molar-refractivity contribution in [1.82, 2.24) is 4.98 Å². The van der Waals surface area contributed by atoms with Crippen molar-refractivity contribution in [3.63, 3.8) is 0 Å². The van der Waals surface area contributed by atoms with Crippen LogP contribution in [0, 0.1) is 6.92 Å². The molecule has 0 radical (unpaired) electrons. The monoisotopic (exact) mass is 306 g/mol. The molecule has 18 heavy (non-hydrogen) atoms. The normalized spacial score (nSPS) is 9.28. The summed E-state index contributed by atoms with van der Waals surface area (Å²) in [5.74, 6) is 0.0809. The van der Waals surface area contributed by atoms with Crippen molar-refractivity contribution in [1.29, 1.82) is 0 Å². The van der Waals surface area contributed by atoms with Gasteiger partial charge in [0.15, 0.2) is 5.78 Å². The summed E-state index contributed by atoms with van der Waals surface area (Å²) in [6.45, 7) is 3.55. The Labute approximate surface area is 115 Å². The highest BCUT2D eigenvalue weighted by Gasteiger charge is 1.93. The van der Waals surface area contributed by atoms with E-state index in [2.05, 4.69) is 20.9 Å². The number of rotatable bonds is 1. The number of hydrogen-bond donors (Lipinski definition) is 1. The Bertz CT molecular complexity index is 527. The highest BCUT2D eigenvalue weighted by Crippen LogP contribution is 2.19. The van der Waals surface area contributed by atoms with Crippen LogP contribution in [0.5, 0.6) is 0 Å². The smallest absolute Gasteiger partial charge is 0.159 e. The van der Waals surface area contributed by atoms with Gasteiger partial charge in [0, 0.05) is 28.1 Å². The second-order valence-corrected chi connectivity index (χ2v) is 4.67. The Hall–Kier alpha value is -1.68. The van der Waals surface area contributed by atoms with Crippen molar-refractivity contribution in [3.05, 3.63) is 58.3 Å². The van der Waals surface area contributed by atoms with Crippen LogP contribution in [-0.4, -0.2) is 10.8 Å². The van der Waals surface area contributed by atoms with Crippen LogP contribution in [0.2, 0.25) is 0 Å². The van der Waals surface area contributed by atoms with Gasteiger partial charge >= 0.3 is 0 Å². The van der Waals surface area contributed by atoms with Crippen LogP contribution in [0.4, 0.5) is 5.69 Å². The van der Waals surface area contributed by atoms with Crippen LogP contribution in [-0.2, 0) is 0 Å². The lowest BCUT2D eigenvalue weighted by Gasteiger charge is -1.96. The molecule has 0 saturated carbocycles. The number of aromatic nitrogens is 1. The number of anilines is 1. The Morgan fingerprint density at radius 3 is 2.22 bits per heavy atom. The number of Topliss-reactive ketones (excluding diaryl/α,β-unsaturated/α-hetero) is 1. The van der Waals surface area contributed by atoms with Crippen molar-refractivity contribution in [2.24, 2.45) is 0 Å². The number of nitrogens with two attached hydrogens (primary N) is 1. The molecule has 0 amide bonds. The van der Waals surface area contributed by atoms with Gasteiger partial charge < -0.3 is 5.73 Å². The van der Waals surface area contributed by atoms with Crippen molar-refractivity contribution in [3.8, 4) is 0 Å². The number of hydrogen-bond acceptors (Lipinski definition) is 3. The lowest BCUT2D eigenvalue weighted by molar-refractivity contribution is 0.101. The molecule has 0 aliphatic carbocycles. The topological polar surface area (TPSA) is 56.0 Å². The largest absolute Gasteiger partial charge is 0.398 e. The number of pyridine rings is 1. The molecule has 0 atom stereocenters. The van der Waals surface area contributed by atoms with Gasteiger partial charge in [0.25, 0.3) is 0 Å². The molecule has 2 aromatic rings. The molecule has 1 aromatic heterocycles. The number of nitrogen functional groups attached to an aromatic ring is 1. The summed E-state index contributed by atoms with van der Waals surface area (Å²) in [4.78, 5) is 14.4. The van der Waals surface area contributed by atoms with E-state index >= 15 is 0 Å². The lowest BCUT2D eigenvalue weighted by atomic mass is 10.2. The van der Waals surface area contributed by atoms with Crippen LogP contribution < -0.4 is 5.73 Å². The summed E-state index contributed by atoms with van der Waals surface area (Å²) >= 11 is 3.30. The summed E-state index contributed by atoms with van der Waals surface area (Å²) in [6.07, 6.45) is 3.22. The fraction of sp³-hybridized carbons (Fsp3) is 0.143. The van der Waals surface area contributed by atoms with E-state index < -0.39 is 0 Å². The SMILES string of the molecule is CC(=O)c1ccncc1.Cc1ccc(Br)c(N)c1. The number of ketones is 1. The van der Waals surface area contributed by atoms with Crippen LogP contribution in [0.25, 0.3) is 0 Å². The maximum Gasteiger partial charge on any atom is 0.159 e. The Morgan fingerprint density at radius 1 is 1.22 bits per heavy atom. The van der Waals surface area contributed by atoms with E-state index in [-0.39, 0.29) is 5.78 Å². The van der Waals surface area contributed by atoms with E-state index in [0.717, 1.165) is 10.2 Å². The standard InChI is InChI=1S/C7H8BrN.C7H7NO/c1-5-2-3-6(8)7(9)4-5;1-6(9)7-2-4-8-5-3-7/h2-4H,9H2,1H3;2-5H,1H3. The van der Waals surface area contributed by atoms with E-state index in [1.54, 1.807) is 24.5 Å². The zero-order valence-electron chi connectivity index (χ0n) is 10.4. The molecule has 1 aromatic carbocycles. The molecule has 3 nitrogen and oxygen atoms in total. The molecular formula is C14H15BrN2O. The van der Waals surface area contributed by atoms with Crippen molar-refractivity contribution < 1.29 is 4.79 Å². The molecule has 1 heterocycles. The van der Waals surface area contributed by atoms with Gasteiger partial charge in [-0.3, -0.25) is 9.78 Å². The fourth-order valence-electron chi connectivity index (χ4n) is 1.25. The number of carbonyl (C=O) groups excluding carboxylic acids is 1. The highest BCUT2D eigenvalue weighted by molar-refractivity contribution is 9.10. The first-order valence-corrected chi connectivity index (χ1v) is 6.22. The van der Waals surface area contributed by atoms with Gasteiger partial charge in [-0.2, -0.15) is 0 Å². The molecule has 0 unspecified atom stereocenters. The molecule has 0 aliphatic rings. The van der Waals surface area contributed by atoms with E-state index in [0.29, 0.717) is 5.56 Å². The molecule has 0 spiro atoms. The molecule has 2 rings (SSSR count). The molecule has 94 valence electrons. The summed E-state index contributed by atoms with van der Waals surface area (Å²) in [5.41, 5.74) is 8.28. The molecule has 4 heteroatoms. The molecule has 2 N–H and O–H groups in total. The van der Waals surface area contributed by atoms with E-state index in [9.17, 15) is 4.79 Å². The lowest BCUT2D eigenvalue weighted by Crippen LogP contribution is -1.89. The summed E-state index contributed by atoms with van der Waals surface area (Å²) in [5, 5.41) is 0. The maximum absolute atomic E-state index is 10.6. The van der Waals surface area contributed by atoms with Crippen molar-refractivity contribution in [2.75, 3.05) is 5.73 Å². The van der Waals surface area contributed by atoms with Crippen LogP contribution >= 0.6 is 15.9 Å². The number of carbonyl (C=O) groups is 1. The molecule has 0 saturated heterocycles. The van der Waals surface area contributed by atoms with Crippen LogP contribution in [0.3, 0.4) is 0 Å². The minimum absolute atomic E-state index is 0.0809. The van der Waals surface area contributed by atoms with Gasteiger partial charge in [0.1, 0.15) is 0 Å². The van der Waals surface area contributed by atoms with Gasteiger partial charge in [0.2, 0.25) is 0 Å². The predicted octanol–water partition coefficient (Wildman–Crippen LogP) is 3.62. The zero-order valence-corrected chi connectivity index (χ0v) is 11.9. The summed E-state index contributed by atoms with van der Waals surface area (Å²) in [6, 6.07) is 9.29. The average molecular weight is 307 g/mol.